The van der Waals surface area contributed by atoms with Gasteiger partial charge in [-0.2, -0.15) is 0 Å². The Morgan fingerprint density at radius 3 is 1.82 bits per heavy atom. The first-order valence-electron chi connectivity index (χ1n) is 22.6. The van der Waals surface area contributed by atoms with E-state index in [-0.39, 0.29) is 5.41 Å². The van der Waals surface area contributed by atoms with Gasteiger partial charge in [0.1, 0.15) is 0 Å². The van der Waals surface area contributed by atoms with Gasteiger partial charge in [0.05, 0.1) is 5.69 Å². The third-order valence-corrected chi connectivity index (χ3v) is 15.2. The van der Waals surface area contributed by atoms with Crippen molar-refractivity contribution in [2.24, 2.45) is 0 Å². The second-order valence-electron chi connectivity index (χ2n) is 18.0. The first kappa shape index (κ1) is 37.7. The van der Waals surface area contributed by atoms with Crippen molar-refractivity contribution in [3.05, 3.63) is 236 Å². The molecular formula is C63H43NS. The van der Waals surface area contributed by atoms with Gasteiger partial charge < -0.3 is 4.90 Å². The second-order valence-corrected chi connectivity index (χ2v) is 19.1. The molecule has 0 spiro atoms. The molecule has 1 aliphatic rings. The highest BCUT2D eigenvalue weighted by atomic mass is 32.1. The Hall–Kier alpha value is -7.78. The molecule has 11 aromatic carbocycles. The van der Waals surface area contributed by atoms with Crippen molar-refractivity contribution < 1.29 is 0 Å². The minimum Gasteiger partial charge on any atom is -0.310 e. The van der Waals surface area contributed by atoms with Crippen LogP contribution < -0.4 is 4.90 Å². The van der Waals surface area contributed by atoms with Crippen LogP contribution in [-0.4, -0.2) is 0 Å². The van der Waals surface area contributed by atoms with Crippen LogP contribution in [0.4, 0.5) is 17.1 Å². The van der Waals surface area contributed by atoms with E-state index in [0.717, 1.165) is 17.1 Å². The number of nitrogens with zero attached hydrogens (tertiary/aromatic N) is 1. The van der Waals surface area contributed by atoms with Gasteiger partial charge in [-0.05, 0) is 131 Å². The van der Waals surface area contributed by atoms with E-state index in [9.17, 15) is 0 Å². The molecule has 0 saturated carbocycles. The zero-order chi connectivity index (χ0) is 43.2. The van der Waals surface area contributed by atoms with Gasteiger partial charge in [0.2, 0.25) is 0 Å². The van der Waals surface area contributed by atoms with E-state index in [1.807, 2.05) is 11.3 Å². The lowest BCUT2D eigenvalue weighted by Gasteiger charge is -2.31. The standard InChI is InChI=1S/C63H43NS/c1-63(2)57-39-46(33-36-51(57)55-35-29-42-17-6-9-20-48(42)62(55)63)64(45-31-27-41(28-32-45)40-15-4-3-5-16-40)58-25-14-24-54(56-37-43-18-7-8-19-47(43)49-21-10-11-22-50(49)56)61(58)44-30-34-53-52-23-12-13-26-59(52)65-60(53)38-44/h3-39H,1-2H3. The summed E-state index contributed by atoms with van der Waals surface area (Å²) in [4.78, 5) is 2.52. The van der Waals surface area contributed by atoms with Crippen molar-refractivity contribution in [1.82, 2.24) is 0 Å². The smallest absolute Gasteiger partial charge is 0.0546 e. The summed E-state index contributed by atoms with van der Waals surface area (Å²) in [5.74, 6) is 0. The van der Waals surface area contributed by atoms with Crippen LogP contribution in [0, 0.1) is 0 Å². The molecule has 0 radical (unpaired) electrons. The first-order chi connectivity index (χ1) is 32.0. The molecule has 306 valence electrons. The lowest BCUT2D eigenvalue weighted by Crippen LogP contribution is -2.17. The Kier molecular flexibility index (Phi) is 8.50. The molecule has 0 fully saturated rings. The molecule has 2 heteroatoms. The van der Waals surface area contributed by atoms with Crippen LogP contribution in [0.1, 0.15) is 25.0 Å². The van der Waals surface area contributed by atoms with E-state index in [4.69, 9.17) is 0 Å². The average molecular weight is 846 g/mol. The number of hydrogen-bond donors (Lipinski definition) is 0. The fraction of sp³-hybridized carbons (Fsp3) is 0.0476. The largest absolute Gasteiger partial charge is 0.310 e. The van der Waals surface area contributed by atoms with Crippen LogP contribution in [0.25, 0.3) is 97.0 Å². The first-order valence-corrected chi connectivity index (χ1v) is 23.4. The summed E-state index contributed by atoms with van der Waals surface area (Å²) in [5, 5.41) is 10.2. The maximum Gasteiger partial charge on any atom is 0.0546 e. The highest BCUT2D eigenvalue weighted by Gasteiger charge is 2.37. The summed E-state index contributed by atoms with van der Waals surface area (Å²) < 4.78 is 2.60. The lowest BCUT2D eigenvalue weighted by molar-refractivity contribution is 0.666. The van der Waals surface area contributed by atoms with Gasteiger partial charge in [-0.1, -0.05) is 190 Å². The molecule has 1 aromatic heterocycles. The van der Waals surface area contributed by atoms with E-state index in [1.165, 1.54) is 108 Å². The zero-order valence-electron chi connectivity index (χ0n) is 36.2. The third kappa shape index (κ3) is 5.91. The zero-order valence-corrected chi connectivity index (χ0v) is 37.0. The van der Waals surface area contributed by atoms with E-state index >= 15 is 0 Å². The molecule has 1 nitrogen and oxygen atoms in total. The molecule has 0 amide bonds. The van der Waals surface area contributed by atoms with Gasteiger partial charge in [0.15, 0.2) is 0 Å². The molecule has 1 aliphatic carbocycles. The fourth-order valence-corrected chi connectivity index (χ4v) is 12.1. The maximum absolute atomic E-state index is 2.52. The predicted octanol–water partition coefficient (Wildman–Crippen LogP) is 18.3. The molecule has 0 N–H and O–H groups in total. The van der Waals surface area contributed by atoms with Gasteiger partial charge in [-0.3, -0.25) is 0 Å². The predicted molar refractivity (Wildman–Crippen MR) is 280 cm³/mol. The Balaban J connectivity index is 1.10. The van der Waals surface area contributed by atoms with Crippen LogP contribution in [0.5, 0.6) is 0 Å². The summed E-state index contributed by atoms with van der Waals surface area (Å²) >= 11 is 1.88. The highest BCUT2D eigenvalue weighted by Crippen LogP contribution is 2.54. The normalized spacial score (nSPS) is 12.9. The third-order valence-electron chi connectivity index (χ3n) is 14.0. The van der Waals surface area contributed by atoms with Crippen molar-refractivity contribution in [2.45, 2.75) is 19.3 Å². The molecule has 0 bridgehead atoms. The SMILES string of the molecule is CC1(C)c2cc(N(c3ccc(-c4ccccc4)cc3)c3cccc(-c4cc5ccccc5c5ccccc45)c3-c3ccc4c(c3)sc3ccccc34)ccc2-c2ccc3ccccc3c21. The van der Waals surface area contributed by atoms with Crippen LogP contribution in [0.3, 0.4) is 0 Å². The van der Waals surface area contributed by atoms with Crippen molar-refractivity contribution in [3.63, 3.8) is 0 Å². The molecule has 65 heavy (non-hydrogen) atoms. The summed E-state index contributed by atoms with van der Waals surface area (Å²) in [6.45, 7) is 4.81. The molecule has 0 atom stereocenters. The van der Waals surface area contributed by atoms with Gasteiger partial charge >= 0.3 is 0 Å². The number of fused-ring (bicyclic) bond motifs is 11. The van der Waals surface area contributed by atoms with Crippen molar-refractivity contribution in [3.8, 4) is 44.5 Å². The fourth-order valence-electron chi connectivity index (χ4n) is 11.0. The minimum atomic E-state index is -0.217. The van der Waals surface area contributed by atoms with Crippen LogP contribution in [0.15, 0.2) is 224 Å². The summed E-state index contributed by atoms with van der Waals surface area (Å²) in [6, 6.07) is 83.6. The van der Waals surface area contributed by atoms with E-state index < -0.39 is 0 Å². The summed E-state index contributed by atoms with van der Waals surface area (Å²) in [6.07, 6.45) is 0. The number of thiophene rings is 1. The Morgan fingerprint density at radius 2 is 0.985 bits per heavy atom. The second kappa shape index (κ2) is 14.6. The minimum absolute atomic E-state index is 0.217. The van der Waals surface area contributed by atoms with Crippen molar-refractivity contribution in [1.29, 1.82) is 0 Å². The van der Waals surface area contributed by atoms with Gasteiger partial charge in [0, 0.05) is 42.5 Å². The lowest BCUT2D eigenvalue weighted by atomic mass is 9.80. The van der Waals surface area contributed by atoms with Crippen molar-refractivity contribution >= 4 is 80.9 Å². The van der Waals surface area contributed by atoms with E-state index in [0.29, 0.717) is 0 Å². The monoisotopic (exact) mass is 845 g/mol. The average Bonchev–Trinajstić information content (AvgIpc) is 3.85. The highest BCUT2D eigenvalue weighted by molar-refractivity contribution is 7.25. The molecular weight excluding hydrogens is 803 g/mol. The molecule has 12 aromatic rings. The maximum atomic E-state index is 2.52. The quantitative estimate of drug-likeness (QED) is 0.151. The molecule has 13 rings (SSSR count). The number of rotatable bonds is 6. The van der Waals surface area contributed by atoms with Gasteiger partial charge in [-0.25, -0.2) is 0 Å². The van der Waals surface area contributed by atoms with Gasteiger partial charge in [-0.15, -0.1) is 11.3 Å². The van der Waals surface area contributed by atoms with Crippen LogP contribution >= 0.6 is 11.3 Å². The van der Waals surface area contributed by atoms with E-state index in [2.05, 4.69) is 243 Å². The molecule has 1 heterocycles. The van der Waals surface area contributed by atoms with Crippen LogP contribution in [-0.2, 0) is 5.41 Å². The van der Waals surface area contributed by atoms with Crippen molar-refractivity contribution in [2.75, 3.05) is 4.90 Å². The van der Waals surface area contributed by atoms with Crippen LogP contribution in [0.2, 0.25) is 0 Å². The molecule has 0 aliphatic heterocycles. The van der Waals surface area contributed by atoms with Gasteiger partial charge in [0.25, 0.3) is 0 Å². The molecule has 0 unspecified atom stereocenters. The Bertz CT molecular complexity index is 3860. The summed E-state index contributed by atoms with van der Waals surface area (Å²) in [5.41, 5.74) is 15.8. The molecule has 0 saturated heterocycles. The number of hydrogen-bond acceptors (Lipinski definition) is 2. The Labute approximate surface area is 383 Å². The summed E-state index contributed by atoms with van der Waals surface area (Å²) in [7, 11) is 0. The Morgan fingerprint density at radius 1 is 0.354 bits per heavy atom. The topological polar surface area (TPSA) is 3.24 Å². The number of benzene rings is 11. The number of anilines is 3. The van der Waals surface area contributed by atoms with E-state index in [1.54, 1.807) is 0 Å².